The highest BCUT2D eigenvalue weighted by Gasteiger charge is 2.17. The van der Waals surface area contributed by atoms with Crippen molar-refractivity contribution < 1.29 is 16.8 Å². The number of nitrogens with one attached hydrogen (secondary N) is 2. The van der Waals surface area contributed by atoms with Crippen LogP contribution in [0.15, 0.2) is 77.7 Å². The third-order valence-electron chi connectivity index (χ3n) is 3.83. The van der Waals surface area contributed by atoms with Gasteiger partial charge in [0, 0.05) is 10.7 Å². The fraction of sp³-hybridized carbons (Fsp3) is 0.0526. The molecule has 0 aliphatic carbocycles. The summed E-state index contributed by atoms with van der Waals surface area (Å²) >= 11 is 11.8. The molecule has 0 bridgehead atoms. The summed E-state index contributed by atoms with van der Waals surface area (Å²) in [4.78, 5) is -0.0296. The normalized spacial score (nSPS) is 11.8. The smallest absolute Gasteiger partial charge is 0.261 e. The average molecular weight is 471 g/mol. The van der Waals surface area contributed by atoms with Gasteiger partial charge in [-0.1, -0.05) is 47.5 Å². The van der Waals surface area contributed by atoms with E-state index in [1.807, 2.05) is 0 Å². The first-order chi connectivity index (χ1) is 13.6. The Hall–Kier alpha value is -2.26. The predicted octanol–water partition coefficient (Wildman–Crippen LogP) is 4.74. The van der Waals surface area contributed by atoms with Gasteiger partial charge >= 0.3 is 0 Å². The van der Waals surface area contributed by atoms with E-state index in [-0.39, 0.29) is 27.0 Å². The van der Waals surface area contributed by atoms with Gasteiger partial charge in [-0.15, -0.1) is 0 Å². The predicted molar refractivity (Wildman–Crippen MR) is 116 cm³/mol. The molecule has 0 saturated heterocycles. The van der Waals surface area contributed by atoms with Crippen LogP contribution in [0.3, 0.4) is 0 Å². The molecule has 0 unspecified atom stereocenters. The molecular formula is C19H16Cl2N2O4S2. The molecule has 0 saturated carbocycles. The van der Waals surface area contributed by atoms with Crippen molar-refractivity contribution in [3.8, 4) is 0 Å². The second-order valence-electron chi connectivity index (χ2n) is 6.10. The van der Waals surface area contributed by atoms with Gasteiger partial charge in [-0.05, 0) is 54.1 Å². The van der Waals surface area contributed by atoms with Crippen molar-refractivity contribution in [3.63, 3.8) is 0 Å². The Morgan fingerprint density at radius 1 is 0.724 bits per heavy atom. The maximum atomic E-state index is 12.5. The van der Waals surface area contributed by atoms with Crippen LogP contribution in [0.1, 0.15) is 5.56 Å². The largest absolute Gasteiger partial charge is 0.283 e. The lowest BCUT2D eigenvalue weighted by atomic mass is 10.2. The summed E-state index contributed by atoms with van der Waals surface area (Å²) in [7, 11) is -7.55. The average Bonchev–Trinajstić information content (AvgIpc) is 2.65. The third kappa shape index (κ3) is 5.86. The highest BCUT2D eigenvalue weighted by atomic mass is 35.5. The molecule has 0 aromatic heterocycles. The van der Waals surface area contributed by atoms with Crippen molar-refractivity contribution in [2.75, 3.05) is 9.44 Å². The molecule has 0 fully saturated rings. The summed E-state index contributed by atoms with van der Waals surface area (Å²) in [6, 6.07) is 18.3. The minimum atomic E-state index is -3.87. The topological polar surface area (TPSA) is 92.3 Å². The van der Waals surface area contributed by atoms with Crippen molar-refractivity contribution in [2.24, 2.45) is 0 Å². The van der Waals surface area contributed by atoms with Crippen LogP contribution in [-0.2, 0) is 25.8 Å². The zero-order valence-corrected chi connectivity index (χ0v) is 18.0. The zero-order valence-electron chi connectivity index (χ0n) is 14.8. The number of hydrogen-bond acceptors (Lipinski definition) is 4. The van der Waals surface area contributed by atoms with Crippen LogP contribution in [0, 0.1) is 0 Å². The molecule has 29 heavy (non-hydrogen) atoms. The molecule has 0 atom stereocenters. The molecule has 3 aromatic carbocycles. The van der Waals surface area contributed by atoms with Gasteiger partial charge in [0.15, 0.2) is 0 Å². The van der Waals surface area contributed by atoms with E-state index in [0.29, 0.717) is 10.6 Å². The first kappa shape index (κ1) is 21.4. The van der Waals surface area contributed by atoms with Crippen molar-refractivity contribution >= 4 is 54.6 Å². The van der Waals surface area contributed by atoms with Gasteiger partial charge in [0.05, 0.1) is 21.4 Å². The molecule has 0 amide bonds. The summed E-state index contributed by atoms with van der Waals surface area (Å²) in [6.07, 6.45) is 0. The Bertz CT molecular complexity index is 1210. The van der Waals surface area contributed by atoms with Crippen molar-refractivity contribution in [2.45, 2.75) is 10.6 Å². The van der Waals surface area contributed by atoms with E-state index in [4.69, 9.17) is 23.2 Å². The Labute approximate surface area is 179 Å². The van der Waals surface area contributed by atoms with E-state index in [1.54, 1.807) is 48.5 Å². The van der Waals surface area contributed by atoms with Gasteiger partial charge in [0.1, 0.15) is 0 Å². The van der Waals surface area contributed by atoms with Crippen LogP contribution < -0.4 is 9.44 Å². The third-order valence-corrected chi connectivity index (χ3v) is 7.05. The van der Waals surface area contributed by atoms with E-state index in [9.17, 15) is 16.8 Å². The van der Waals surface area contributed by atoms with Gasteiger partial charge in [0.25, 0.3) is 10.0 Å². The van der Waals surface area contributed by atoms with Crippen LogP contribution in [0.4, 0.5) is 11.4 Å². The maximum absolute atomic E-state index is 12.5. The number of para-hydroxylation sites is 1. The maximum Gasteiger partial charge on any atom is 0.261 e. The second kappa shape index (κ2) is 8.62. The molecule has 0 aliphatic rings. The van der Waals surface area contributed by atoms with Crippen molar-refractivity contribution in [1.29, 1.82) is 0 Å². The number of halogens is 2. The molecule has 10 heteroatoms. The zero-order chi connectivity index (χ0) is 21.1. The lowest BCUT2D eigenvalue weighted by molar-refractivity contribution is 0.599. The van der Waals surface area contributed by atoms with Crippen LogP contribution in [0.25, 0.3) is 0 Å². The molecule has 0 radical (unpaired) electrons. The lowest BCUT2D eigenvalue weighted by Gasteiger charge is -2.11. The summed E-state index contributed by atoms with van der Waals surface area (Å²) in [6.45, 7) is 0. The van der Waals surface area contributed by atoms with E-state index in [2.05, 4.69) is 9.44 Å². The fourth-order valence-electron chi connectivity index (χ4n) is 2.47. The number of rotatable bonds is 7. The van der Waals surface area contributed by atoms with Gasteiger partial charge in [-0.25, -0.2) is 16.8 Å². The monoisotopic (exact) mass is 470 g/mol. The van der Waals surface area contributed by atoms with E-state index in [1.165, 1.54) is 24.3 Å². The summed E-state index contributed by atoms with van der Waals surface area (Å²) in [5, 5.41) is 0.781. The quantitative estimate of drug-likeness (QED) is 0.521. The first-order valence-electron chi connectivity index (χ1n) is 8.27. The van der Waals surface area contributed by atoms with Crippen LogP contribution in [0.5, 0.6) is 0 Å². The number of benzene rings is 3. The fourth-order valence-corrected chi connectivity index (χ4v) is 5.11. The van der Waals surface area contributed by atoms with Crippen LogP contribution in [0.2, 0.25) is 10.0 Å². The minimum absolute atomic E-state index is 0.0296. The highest BCUT2D eigenvalue weighted by Crippen LogP contribution is 2.25. The minimum Gasteiger partial charge on any atom is -0.283 e. The Morgan fingerprint density at radius 3 is 1.97 bits per heavy atom. The van der Waals surface area contributed by atoms with Crippen LogP contribution >= 0.6 is 23.2 Å². The Morgan fingerprint density at radius 2 is 1.34 bits per heavy atom. The number of hydrogen-bond donors (Lipinski definition) is 2. The van der Waals surface area contributed by atoms with E-state index >= 15 is 0 Å². The van der Waals surface area contributed by atoms with Gasteiger partial charge in [0.2, 0.25) is 10.0 Å². The molecule has 2 N–H and O–H groups in total. The first-order valence-corrected chi connectivity index (χ1v) is 12.2. The molecule has 6 nitrogen and oxygen atoms in total. The lowest BCUT2D eigenvalue weighted by Crippen LogP contribution is -2.16. The van der Waals surface area contributed by atoms with Crippen LogP contribution in [-0.4, -0.2) is 16.8 Å². The summed E-state index contributed by atoms with van der Waals surface area (Å²) in [5.41, 5.74) is 1.07. The molecule has 0 spiro atoms. The molecule has 0 heterocycles. The number of anilines is 2. The highest BCUT2D eigenvalue weighted by molar-refractivity contribution is 7.92. The summed E-state index contributed by atoms with van der Waals surface area (Å²) in [5.74, 6) is -0.238. The molecular weight excluding hydrogens is 455 g/mol. The van der Waals surface area contributed by atoms with Gasteiger partial charge < -0.3 is 0 Å². The molecule has 152 valence electrons. The van der Waals surface area contributed by atoms with E-state index in [0.717, 1.165) is 0 Å². The summed E-state index contributed by atoms with van der Waals surface area (Å²) < 4.78 is 54.5. The standard InChI is InChI=1S/C19H16Cl2N2O4S2/c20-15-7-5-14(6-8-15)13-28(24,25)22-16-9-11-17(12-10-16)29(26,27)23-19-4-2-1-3-18(19)21/h1-12,22-23H,13H2. The van der Waals surface area contributed by atoms with E-state index < -0.39 is 20.0 Å². The van der Waals surface area contributed by atoms with Gasteiger partial charge in [-0.2, -0.15) is 0 Å². The molecule has 3 aromatic rings. The van der Waals surface area contributed by atoms with Crippen molar-refractivity contribution in [3.05, 3.63) is 88.4 Å². The number of sulfonamides is 2. The Balaban J connectivity index is 1.72. The molecule has 3 rings (SSSR count). The SMILES string of the molecule is O=S(=O)(Cc1ccc(Cl)cc1)Nc1ccc(S(=O)(=O)Nc2ccccc2Cl)cc1. The van der Waals surface area contributed by atoms with Crippen molar-refractivity contribution in [1.82, 2.24) is 0 Å². The second-order valence-corrected chi connectivity index (χ2v) is 10.3. The molecule has 0 aliphatic heterocycles. The van der Waals surface area contributed by atoms with Gasteiger partial charge in [-0.3, -0.25) is 9.44 Å². The Kier molecular flexibility index (Phi) is 6.38.